The highest BCUT2D eigenvalue weighted by Gasteiger charge is 2.47. The summed E-state index contributed by atoms with van der Waals surface area (Å²) in [4.78, 5) is 26.4. The molecule has 71 heavy (non-hydrogen) atoms. The van der Waals surface area contributed by atoms with E-state index in [1.165, 1.54) is 51.4 Å². The molecule has 8 atom stereocenters. The fraction of sp³-hybridized carbons (Fsp3) is 0.633. The molecule has 0 aromatic rings. The highest BCUT2D eigenvalue weighted by Crippen LogP contribution is 2.26. The molecule has 8 unspecified atom stereocenters. The maximum Gasteiger partial charge on any atom is 0.306 e. The van der Waals surface area contributed by atoms with E-state index in [2.05, 4.69) is 50.4 Å². The molecule has 1 saturated heterocycles. The van der Waals surface area contributed by atoms with Crippen LogP contribution in [-0.2, 0) is 23.8 Å². The second-order valence-corrected chi connectivity index (χ2v) is 18.4. The van der Waals surface area contributed by atoms with Crippen molar-refractivity contribution in [3.63, 3.8) is 0 Å². The molecule has 1 aliphatic heterocycles. The second kappa shape index (κ2) is 47.1. The Morgan fingerprint density at radius 3 is 1.52 bits per heavy atom. The molecule has 0 spiro atoms. The fourth-order valence-electron chi connectivity index (χ4n) is 7.74. The largest absolute Gasteiger partial charge is 0.454 e. The van der Waals surface area contributed by atoms with Gasteiger partial charge in [0, 0.05) is 6.42 Å². The van der Waals surface area contributed by atoms with Crippen LogP contribution in [0.4, 0.5) is 0 Å². The van der Waals surface area contributed by atoms with Gasteiger partial charge in [0.25, 0.3) is 0 Å². The highest BCUT2D eigenvalue weighted by molar-refractivity contribution is 5.80. The van der Waals surface area contributed by atoms with Gasteiger partial charge >= 0.3 is 5.97 Å². The van der Waals surface area contributed by atoms with E-state index in [1.54, 1.807) is 6.08 Å². The second-order valence-electron chi connectivity index (χ2n) is 18.4. The highest BCUT2D eigenvalue weighted by atomic mass is 16.7. The van der Waals surface area contributed by atoms with Crippen molar-refractivity contribution in [2.24, 2.45) is 0 Å². The Morgan fingerprint density at radius 2 is 1.01 bits per heavy atom. The Bertz CT molecular complexity index is 1610. The summed E-state index contributed by atoms with van der Waals surface area (Å²) < 4.78 is 17.5. The first-order valence-corrected chi connectivity index (χ1v) is 27.4. The minimum Gasteiger partial charge on any atom is -0.454 e. The first-order chi connectivity index (χ1) is 34.7. The standard InChI is InChI=1S/C60H97NO10/c1-4-7-10-13-16-19-22-25-26-27-28-30-33-36-39-42-45-48-55(65)71-58-57(67)56(66)54(49-62)70-60(58)69-50-51(52(63)46-43-40-37-34-32-29-23-20-17-14-11-8-5-2)61-59(68)53(64)47-44-41-38-35-31-24-21-18-15-12-9-6-3/h7,9-10,12-13,15-16,18-19,21-22,24-28,30,33,43,46,51-54,56-58,60,62-64,66-67H,4-6,8,11,14,17,20,23,29,31-32,34-42,44-45,47-50H2,1-3H3,(H,61,68)/b10-7-,12-9+,16-13+,18-15+,22-19+,24-21-,26-25-,28-27+,33-30+,46-43+. The summed E-state index contributed by atoms with van der Waals surface area (Å²) in [6, 6.07) is -1.05. The lowest BCUT2D eigenvalue weighted by Gasteiger charge is -2.41. The molecule has 1 aliphatic rings. The predicted octanol–water partition coefficient (Wildman–Crippen LogP) is 11.9. The van der Waals surface area contributed by atoms with E-state index in [1.807, 2.05) is 91.1 Å². The molecule has 11 nitrogen and oxygen atoms in total. The first-order valence-electron chi connectivity index (χ1n) is 27.4. The Hall–Kier alpha value is -3.94. The normalized spacial score (nSPS) is 20.6. The fourth-order valence-corrected chi connectivity index (χ4v) is 7.74. The number of hydrogen-bond donors (Lipinski definition) is 6. The van der Waals surface area contributed by atoms with E-state index in [0.717, 1.165) is 83.5 Å². The molecule has 0 aliphatic carbocycles. The van der Waals surface area contributed by atoms with Gasteiger partial charge in [-0.3, -0.25) is 9.59 Å². The molecule has 0 saturated carbocycles. The van der Waals surface area contributed by atoms with E-state index in [-0.39, 0.29) is 19.4 Å². The van der Waals surface area contributed by atoms with Crippen LogP contribution >= 0.6 is 0 Å². The maximum atomic E-state index is 13.3. The van der Waals surface area contributed by atoms with Crippen molar-refractivity contribution in [1.29, 1.82) is 0 Å². The first kappa shape index (κ1) is 65.1. The van der Waals surface area contributed by atoms with Crippen molar-refractivity contribution < 1.29 is 49.3 Å². The number of unbranched alkanes of at least 4 members (excludes halogenated alkanes) is 18. The van der Waals surface area contributed by atoms with Crippen molar-refractivity contribution in [3.05, 3.63) is 122 Å². The number of aliphatic hydroxyl groups is 5. The van der Waals surface area contributed by atoms with Crippen LogP contribution in [0, 0.1) is 0 Å². The molecule has 11 heteroatoms. The molecule has 6 N–H and O–H groups in total. The van der Waals surface area contributed by atoms with Crippen LogP contribution in [0.25, 0.3) is 0 Å². The third-order valence-corrected chi connectivity index (χ3v) is 12.1. The van der Waals surface area contributed by atoms with Crippen molar-refractivity contribution in [1.82, 2.24) is 5.32 Å². The topological polar surface area (TPSA) is 175 Å². The zero-order valence-electron chi connectivity index (χ0n) is 44.0. The van der Waals surface area contributed by atoms with Gasteiger partial charge in [0.15, 0.2) is 12.4 Å². The third kappa shape index (κ3) is 35.8. The number of hydrogen-bond acceptors (Lipinski definition) is 10. The average Bonchev–Trinajstić information content (AvgIpc) is 3.37. The number of nitrogens with one attached hydrogen (secondary N) is 1. The van der Waals surface area contributed by atoms with Crippen LogP contribution in [0.15, 0.2) is 122 Å². The molecular formula is C60H97NO10. The van der Waals surface area contributed by atoms with Gasteiger partial charge < -0.3 is 45.1 Å². The van der Waals surface area contributed by atoms with Gasteiger partial charge in [0.05, 0.1) is 25.4 Å². The van der Waals surface area contributed by atoms with E-state index in [4.69, 9.17) is 14.2 Å². The summed E-state index contributed by atoms with van der Waals surface area (Å²) in [7, 11) is 0. The van der Waals surface area contributed by atoms with Crippen LogP contribution < -0.4 is 5.32 Å². The number of rotatable bonds is 43. The van der Waals surface area contributed by atoms with Crippen LogP contribution in [-0.4, -0.2) is 99.6 Å². The number of esters is 1. The zero-order chi connectivity index (χ0) is 51.8. The Balaban J connectivity index is 2.82. The summed E-state index contributed by atoms with van der Waals surface area (Å²) in [6.45, 7) is 5.43. The summed E-state index contributed by atoms with van der Waals surface area (Å²) in [5.41, 5.74) is 0. The smallest absolute Gasteiger partial charge is 0.306 e. The van der Waals surface area contributed by atoms with Gasteiger partial charge in [-0.25, -0.2) is 0 Å². The maximum absolute atomic E-state index is 13.3. The minimum absolute atomic E-state index is 0.0620. The summed E-state index contributed by atoms with van der Waals surface area (Å²) in [6.07, 6.45) is 53.8. The summed E-state index contributed by atoms with van der Waals surface area (Å²) >= 11 is 0. The lowest BCUT2D eigenvalue weighted by molar-refractivity contribution is -0.305. The van der Waals surface area contributed by atoms with Gasteiger partial charge in [-0.15, -0.1) is 0 Å². The van der Waals surface area contributed by atoms with Gasteiger partial charge in [-0.1, -0.05) is 232 Å². The quantitative estimate of drug-likeness (QED) is 0.0149. The number of aliphatic hydroxyl groups excluding tert-OH is 5. The molecular weight excluding hydrogens is 895 g/mol. The van der Waals surface area contributed by atoms with E-state index in [0.29, 0.717) is 12.8 Å². The molecule has 1 amide bonds. The number of carbonyl (C=O) groups is 2. The van der Waals surface area contributed by atoms with Gasteiger partial charge in [0.1, 0.15) is 24.4 Å². The Labute approximate surface area is 430 Å². The average molecular weight is 992 g/mol. The van der Waals surface area contributed by atoms with Crippen LogP contribution in [0.1, 0.15) is 181 Å². The van der Waals surface area contributed by atoms with Crippen molar-refractivity contribution in [2.75, 3.05) is 13.2 Å². The lowest BCUT2D eigenvalue weighted by atomic mass is 9.99. The van der Waals surface area contributed by atoms with Gasteiger partial charge in [-0.05, 0) is 64.2 Å². The van der Waals surface area contributed by atoms with Crippen LogP contribution in [0.2, 0.25) is 0 Å². The van der Waals surface area contributed by atoms with E-state index in [9.17, 15) is 35.1 Å². The minimum atomic E-state index is -1.64. The van der Waals surface area contributed by atoms with E-state index < -0.39 is 67.4 Å². The number of allylic oxidation sites excluding steroid dienone is 19. The van der Waals surface area contributed by atoms with Gasteiger partial charge in [-0.2, -0.15) is 0 Å². The summed E-state index contributed by atoms with van der Waals surface area (Å²) in [5, 5.41) is 56.7. The molecule has 0 aromatic heterocycles. The SMILES string of the molecule is CC\C=C/C=C/C=C/C=C\C=C\C=C\CCCCCC(=O)OC1C(OCC(NC(=O)C(O)CCCCCC\C=C/C=C/C=C/CC)C(O)/C=C/CCCCCCCCCCCCC)OC(CO)C(O)C1O. The van der Waals surface area contributed by atoms with Crippen molar-refractivity contribution in [2.45, 2.75) is 230 Å². The van der Waals surface area contributed by atoms with Crippen LogP contribution in [0.5, 0.6) is 0 Å². The predicted molar refractivity (Wildman–Crippen MR) is 291 cm³/mol. The van der Waals surface area contributed by atoms with Crippen LogP contribution in [0.3, 0.4) is 0 Å². The number of amides is 1. The Morgan fingerprint density at radius 1 is 0.563 bits per heavy atom. The Kier molecular flexibility index (Phi) is 43.2. The zero-order valence-corrected chi connectivity index (χ0v) is 44.0. The molecule has 1 rings (SSSR count). The van der Waals surface area contributed by atoms with Gasteiger partial charge in [0.2, 0.25) is 5.91 Å². The lowest BCUT2D eigenvalue weighted by Crippen LogP contribution is -2.61. The van der Waals surface area contributed by atoms with E-state index >= 15 is 0 Å². The molecule has 1 heterocycles. The molecule has 0 aromatic carbocycles. The summed E-state index contributed by atoms with van der Waals surface area (Å²) in [5.74, 6) is -1.28. The molecule has 1 fully saturated rings. The number of ether oxygens (including phenoxy) is 3. The third-order valence-electron chi connectivity index (χ3n) is 12.1. The molecule has 0 bridgehead atoms. The molecule has 0 radical (unpaired) electrons. The van der Waals surface area contributed by atoms with Crippen molar-refractivity contribution >= 4 is 11.9 Å². The van der Waals surface area contributed by atoms with Crippen molar-refractivity contribution in [3.8, 4) is 0 Å². The molecule has 402 valence electrons. The monoisotopic (exact) mass is 992 g/mol. The number of carbonyl (C=O) groups excluding carboxylic acids is 2.